The van der Waals surface area contributed by atoms with Crippen molar-refractivity contribution in [3.63, 3.8) is 0 Å². The maximum absolute atomic E-state index is 12.5. The molecule has 1 aromatic rings. The quantitative estimate of drug-likeness (QED) is 0.456. The lowest BCUT2D eigenvalue weighted by Gasteiger charge is -2.43. The van der Waals surface area contributed by atoms with Gasteiger partial charge in [0.15, 0.2) is 18.5 Å². The van der Waals surface area contributed by atoms with Crippen LogP contribution in [0.4, 0.5) is 0 Å². The molecule has 2 heterocycles. The zero-order chi connectivity index (χ0) is 21.6. The lowest BCUT2D eigenvalue weighted by Crippen LogP contribution is -2.66. The van der Waals surface area contributed by atoms with Gasteiger partial charge in [0, 0.05) is 33.2 Å². The van der Waals surface area contributed by atoms with E-state index in [9.17, 15) is 24.3 Å². The first-order valence-electron chi connectivity index (χ1n) is 8.71. The Bertz CT molecular complexity index is 755. The van der Waals surface area contributed by atoms with Crippen molar-refractivity contribution in [1.29, 1.82) is 0 Å². The van der Waals surface area contributed by atoms with Gasteiger partial charge in [-0.3, -0.25) is 24.2 Å². The molecule has 11 nitrogen and oxygen atoms in total. The number of carbonyl (C=O) groups is 4. The summed E-state index contributed by atoms with van der Waals surface area (Å²) in [5.41, 5.74) is 0.187. The average Bonchev–Trinajstić information content (AvgIpc) is 2.65. The van der Waals surface area contributed by atoms with Crippen LogP contribution in [-0.4, -0.2) is 71.2 Å². The van der Waals surface area contributed by atoms with Crippen LogP contribution in [-0.2, 0) is 33.3 Å². The monoisotopic (exact) mass is 410 g/mol. The third-order valence-corrected chi connectivity index (χ3v) is 3.94. The van der Waals surface area contributed by atoms with E-state index in [1.165, 1.54) is 25.4 Å². The highest BCUT2D eigenvalue weighted by Gasteiger charge is 2.50. The lowest BCUT2D eigenvalue weighted by atomic mass is 9.96. The van der Waals surface area contributed by atoms with Crippen molar-refractivity contribution in [2.75, 3.05) is 6.61 Å². The predicted molar refractivity (Wildman–Crippen MR) is 94.1 cm³/mol. The van der Waals surface area contributed by atoms with Crippen molar-refractivity contribution >= 4 is 23.8 Å². The molecular weight excluding hydrogens is 388 g/mol. The Morgan fingerprint density at radius 3 is 2.31 bits per heavy atom. The molecule has 0 spiro atoms. The summed E-state index contributed by atoms with van der Waals surface area (Å²) in [7, 11) is 0. The number of pyridine rings is 1. The topological polar surface area (TPSA) is 150 Å². The van der Waals surface area contributed by atoms with Crippen LogP contribution in [0.3, 0.4) is 0 Å². The van der Waals surface area contributed by atoms with E-state index in [4.69, 9.17) is 18.9 Å². The normalized spacial score (nSPS) is 26.1. The number of nitrogens with one attached hydrogen (secondary N) is 1. The molecule has 0 bridgehead atoms. The van der Waals surface area contributed by atoms with Crippen molar-refractivity contribution in [2.45, 2.75) is 51.4 Å². The number of rotatable bonds is 6. The van der Waals surface area contributed by atoms with E-state index < -0.39 is 54.5 Å². The van der Waals surface area contributed by atoms with E-state index in [0.29, 0.717) is 0 Å². The summed E-state index contributed by atoms with van der Waals surface area (Å²) in [6.07, 6.45) is -2.55. The molecule has 29 heavy (non-hydrogen) atoms. The standard InChI is InChI=1S/C18H22N2O9/c1-9(21)26-8-13-15(27-10(2)22)16(28-11(3)23)14(18(25)29-13)20-17(24)12-5-4-6-19-7-12/h4-7,13-16,18,25H,8H2,1-3H3,(H,20,24)/t13-,14+,15+,16-,18-/m0/s1. The van der Waals surface area contributed by atoms with Crippen LogP contribution in [0.5, 0.6) is 0 Å². The Kier molecular flexibility index (Phi) is 7.62. The number of hydrogen-bond acceptors (Lipinski definition) is 10. The summed E-state index contributed by atoms with van der Waals surface area (Å²) in [6.45, 7) is 3.04. The summed E-state index contributed by atoms with van der Waals surface area (Å²) in [4.78, 5) is 50.6. The van der Waals surface area contributed by atoms with Crippen LogP contribution in [0.2, 0.25) is 0 Å². The van der Waals surface area contributed by atoms with Gasteiger partial charge >= 0.3 is 17.9 Å². The van der Waals surface area contributed by atoms with Crippen LogP contribution in [0.15, 0.2) is 24.5 Å². The highest BCUT2D eigenvalue weighted by atomic mass is 16.7. The fourth-order valence-electron chi connectivity index (χ4n) is 2.80. The minimum absolute atomic E-state index is 0.187. The smallest absolute Gasteiger partial charge is 0.303 e. The lowest BCUT2D eigenvalue weighted by molar-refractivity contribution is -0.263. The van der Waals surface area contributed by atoms with Gasteiger partial charge in [-0.2, -0.15) is 0 Å². The molecule has 2 N–H and O–H groups in total. The van der Waals surface area contributed by atoms with Gasteiger partial charge in [-0.25, -0.2) is 0 Å². The first-order chi connectivity index (χ1) is 13.7. The summed E-state index contributed by atoms with van der Waals surface area (Å²) in [6, 6.07) is 1.76. The first kappa shape index (κ1) is 22.2. The second-order valence-corrected chi connectivity index (χ2v) is 6.26. The number of aliphatic hydroxyl groups excluding tert-OH is 1. The van der Waals surface area contributed by atoms with Crippen LogP contribution >= 0.6 is 0 Å². The fraction of sp³-hybridized carbons (Fsp3) is 0.500. The SMILES string of the molecule is CC(=O)OC[C@@H]1O[C@H](O)[C@H](NC(=O)c2cccnc2)[C@H](OC(C)=O)[C@@H]1OC(C)=O. The number of ether oxygens (including phenoxy) is 4. The van der Waals surface area contributed by atoms with Crippen LogP contribution in [0.1, 0.15) is 31.1 Å². The van der Waals surface area contributed by atoms with E-state index in [1.807, 2.05) is 0 Å². The number of amides is 1. The summed E-state index contributed by atoms with van der Waals surface area (Å²) in [5.74, 6) is -2.71. The van der Waals surface area contributed by atoms with Crippen molar-refractivity contribution in [2.24, 2.45) is 0 Å². The highest BCUT2D eigenvalue weighted by Crippen LogP contribution is 2.26. The highest BCUT2D eigenvalue weighted by molar-refractivity contribution is 5.94. The number of hydrogen-bond donors (Lipinski definition) is 2. The Hall–Kier alpha value is -3.05. The van der Waals surface area contributed by atoms with Gasteiger partial charge < -0.3 is 29.4 Å². The maximum atomic E-state index is 12.5. The van der Waals surface area contributed by atoms with Crippen molar-refractivity contribution in [1.82, 2.24) is 10.3 Å². The summed E-state index contributed by atoms with van der Waals surface area (Å²) in [5, 5.41) is 12.9. The summed E-state index contributed by atoms with van der Waals surface area (Å²) >= 11 is 0. The largest absolute Gasteiger partial charge is 0.463 e. The molecule has 2 rings (SSSR count). The molecular formula is C18H22N2O9. The number of nitrogens with zero attached hydrogens (tertiary/aromatic N) is 1. The molecule has 1 saturated heterocycles. The number of carbonyl (C=O) groups excluding carboxylic acids is 4. The molecule has 0 unspecified atom stereocenters. The molecule has 1 amide bonds. The van der Waals surface area contributed by atoms with Crippen molar-refractivity contribution < 1.29 is 43.2 Å². The molecule has 11 heteroatoms. The summed E-state index contributed by atoms with van der Waals surface area (Å²) < 4.78 is 20.7. The predicted octanol–water partition coefficient (Wildman–Crippen LogP) is -0.676. The zero-order valence-electron chi connectivity index (χ0n) is 16.1. The van der Waals surface area contributed by atoms with Crippen LogP contribution in [0, 0.1) is 0 Å². The third-order valence-electron chi connectivity index (χ3n) is 3.94. The Labute approximate surface area is 166 Å². The molecule has 1 fully saturated rings. The molecule has 158 valence electrons. The average molecular weight is 410 g/mol. The second-order valence-electron chi connectivity index (χ2n) is 6.26. The minimum Gasteiger partial charge on any atom is -0.463 e. The van der Waals surface area contributed by atoms with Crippen molar-refractivity contribution in [3.05, 3.63) is 30.1 Å². The van der Waals surface area contributed by atoms with Gasteiger partial charge in [0.1, 0.15) is 18.8 Å². The Morgan fingerprint density at radius 1 is 1.10 bits per heavy atom. The molecule has 1 aliphatic heterocycles. The zero-order valence-corrected chi connectivity index (χ0v) is 16.1. The molecule has 0 radical (unpaired) electrons. The van der Waals surface area contributed by atoms with Gasteiger partial charge in [-0.05, 0) is 12.1 Å². The number of aliphatic hydroxyl groups is 1. The molecule has 5 atom stereocenters. The van der Waals surface area contributed by atoms with E-state index in [2.05, 4.69) is 10.3 Å². The molecule has 0 aliphatic carbocycles. The minimum atomic E-state index is -1.65. The van der Waals surface area contributed by atoms with Gasteiger partial charge in [-0.15, -0.1) is 0 Å². The van der Waals surface area contributed by atoms with Crippen LogP contribution < -0.4 is 5.32 Å². The maximum Gasteiger partial charge on any atom is 0.303 e. The van der Waals surface area contributed by atoms with E-state index in [1.54, 1.807) is 6.07 Å². The van der Waals surface area contributed by atoms with Gasteiger partial charge in [0.25, 0.3) is 5.91 Å². The van der Waals surface area contributed by atoms with Gasteiger partial charge in [-0.1, -0.05) is 0 Å². The molecule has 0 aromatic carbocycles. The van der Waals surface area contributed by atoms with Gasteiger partial charge in [0.05, 0.1) is 5.56 Å². The Morgan fingerprint density at radius 2 is 1.76 bits per heavy atom. The number of esters is 3. The van der Waals surface area contributed by atoms with E-state index in [-0.39, 0.29) is 12.2 Å². The first-order valence-corrected chi connectivity index (χ1v) is 8.71. The number of aromatic nitrogens is 1. The Balaban J connectivity index is 2.30. The van der Waals surface area contributed by atoms with Crippen LogP contribution in [0.25, 0.3) is 0 Å². The van der Waals surface area contributed by atoms with E-state index in [0.717, 1.165) is 13.8 Å². The molecule has 0 saturated carbocycles. The fourth-order valence-corrected chi connectivity index (χ4v) is 2.80. The van der Waals surface area contributed by atoms with Gasteiger partial charge in [0.2, 0.25) is 0 Å². The molecule has 1 aromatic heterocycles. The third kappa shape index (κ3) is 6.22. The molecule has 1 aliphatic rings. The second kappa shape index (κ2) is 9.94. The van der Waals surface area contributed by atoms with E-state index >= 15 is 0 Å². The van der Waals surface area contributed by atoms with Crippen molar-refractivity contribution in [3.8, 4) is 0 Å².